The van der Waals surface area contributed by atoms with Crippen molar-refractivity contribution < 1.29 is 0 Å². The van der Waals surface area contributed by atoms with Crippen LogP contribution in [0.5, 0.6) is 0 Å². The van der Waals surface area contributed by atoms with Gasteiger partial charge in [-0.1, -0.05) is 0 Å². The first-order chi connectivity index (χ1) is 13.7. The van der Waals surface area contributed by atoms with Gasteiger partial charge in [0, 0.05) is 25.5 Å². The highest BCUT2D eigenvalue weighted by molar-refractivity contribution is 5.96. The molecule has 0 radical (unpaired) electrons. The van der Waals surface area contributed by atoms with Gasteiger partial charge >= 0.3 is 0 Å². The van der Waals surface area contributed by atoms with Crippen LogP contribution in [-0.2, 0) is 0 Å². The Balaban J connectivity index is 2.30. The maximum absolute atomic E-state index is 13.2. The van der Waals surface area contributed by atoms with Gasteiger partial charge in [-0.25, -0.2) is 0 Å². The van der Waals surface area contributed by atoms with Crippen molar-refractivity contribution >= 4 is 21.5 Å². The van der Waals surface area contributed by atoms with E-state index in [1.807, 2.05) is 0 Å². The number of aromatic amines is 2. The third-order valence-corrected chi connectivity index (χ3v) is 4.70. The molecule has 1 heterocycles. The third kappa shape index (κ3) is 4.02. The zero-order chi connectivity index (χ0) is 19.9. The van der Waals surface area contributed by atoms with Crippen molar-refractivity contribution in [3.63, 3.8) is 0 Å². The number of hydrogen-bond acceptors (Lipinski definition) is 6. The van der Waals surface area contributed by atoms with Crippen molar-refractivity contribution in [2.24, 2.45) is 21.5 Å². The fourth-order valence-electron chi connectivity index (χ4n) is 3.24. The predicted molar refractivity (Wildman–Crippen MR) is 111 cm³/mol. The third-order valence-electron chi connectivity index (χ3n) is 4.70. The van der Waals surface area contributed by atoms with Crippen LogP contribution in [-0.4, -0.2) is 36.4 Å². The van der Waals surface area contributed by atoms with Crippen LogP contribution in [0.1, 0.15) is 25.7 Å². The van der Waals surface area contributed by atoms with E-state index < -0.39 is 0 Å². The van der Waals surface area contributed by atoms with Gasteiger partial charge in [0.25, 0.3) is 0 Å². The van der Waals surface area contributed by atoms with Crippen LogP contribution in [0.25, 0.3) is 21.5 Å². The summed E-state index contributed by atoms with van der Waals surface area (Å²) in [5.41, 5.74) is 10.6. The summed E-state index contributed by atoms with van der Waals surface area (Å²) >= 11 is 0. The smallest absolute Gasteiger partial charge is 0.198 e. The molecule has 2 aromatic carbocycles. The van der Waals surface area contributed by atoms with Crippen LogP contribution in [0.4, 0.5) is 0 Å². The molecule has 6 N–H and O–H groups in total. The molecule has 3 aromatic rings. The zero-order valence-corrected chi connectivity index (χ0v) is 15.8. The Kier molecular flexibility index (Phi) is 6.67. The van der Waals surface area contributed by atoms with E-state index in [2.05, 4.69) is 20.2 Å². The number of hydrogen-bond donors (Lipinski definition) is 4. The lowest BCUT2D eigenvalue weighted by Crippen LogP contribution is -2.27. The summed E-state index contributed by atoms with van der Waals surface area (Å²) < 4.78 is 0. The summed E-state index contributed by atoms with van der Waals surface area (Å²) in [6.07, 6.45) is 6.42. The van der Waals surface area contributed by atoms with E-state index >= 15 is 0 Å². The lowest BCUT2D eigenvalue weighted by molar-refractivity contribution is 0.746. The summed E-state index contributed by atoms with van der Waals surface area (Å²) in [5.74, 6) is 0. The van der Waals surface area contributed by atoms with Crippen LogP contribution < -0.4 is 33.0 Å². The van der Waals surface area contributed by atoms with Crippen LogP contribution in [0.3, 0.4) is 0 Å². The molecule has 0 aliphatic heterocycles. The number of nitrogens with one attached hydrogen (secondary N) is 2. The summed E-state index contributed by atoms with van der Waals surface area (Å²) in [5, 5.41) is 7.96. The van der Waals surface area contributed by atoms with Crippen LogP contribution in [0.15, 0.2) is 44.1 Å². The molecule has 0 unspecified atom stereocenters. The maximum Gasteiger partial charge on any atom is 0.198 e. The maximum atomic E-state index is 13.2. The van der Waals surface area contributed by atoms with Crippen molar-refractivity contribution in [1.29, 1.82) is 0 Å². The number of benzene rings is 2. The first-order valence-corrected chi connectivity index (χ1v) is 9.62. The SMILES string of the molecule is NCCCCN=c1ccc(=NCCCCN)c2c(=O)c3c[nH][nH]cc3c(=O)c12. The fraction of sp³-hybridized carbons (Fsp3) is 0.400. The quantitative estimate of drug-likeness (QED) is 0.323. The topological polar surface area (TPSA) is 142 Å². The van der Waals surface area contributed by atoms with Crippen LogP contribution >= 0.6 is 0 Å². The van der Waals surface area contributed by atoms with Crippen LogP contribution in [0.2, 0.25) is 0 Å². The minimum Gasteiger partial charge on any atom is -0.330 e. The van der Waals surface area contributed by atoms with Crippen molar-refractivity contribution in [3.8, 4) is 0 Å². The number of unbranched alkanes of at least 4 members (excludes halogenated alkanes) is 2. The molecule has 8 nitrogen and oxygen atoms in total. The average Bonchev–Trinajstić information content (AvgIpc) is 2.72. The van der Waals surface area contributed by atoms with Gasteiger partial charge in [0.2, 0.25) is 0 Å². The van der Waals surface area contributed by atoms with Crippen molar-refractivity contribution in [3.05, 3.63) is 55.7 Å². The highest BCUT2D eigenvalue weighted by atomic mass is 16.1. The molecule has 0 spiro atoms. The fourth-order valence-corrected chi connectivity index (χ4v) is 3.24. The number of rotatable bonds is 8. The number of nitrogens with zero attached hydrogens (tertiary/aromatic N) is 2. The minimum absolute atomic E-state index is 0.216. The second-order valence-electron chi connectivity index (χ2n) is 6.67. The molecule has 0 bridgehead atoms. The summed E-state index contributed by atoms with van der Waals surface area (Å²) in [6.45, 7) is 2.32. The Labute approximate surface area is 161 Å². The molecule has 148 valence electrons. The summed E-state index contributed by atoms with van der Waals surface area (Å²) in [6, 6.07) is 3.55. The van der Waals surface area contributed by atoms with E-state index in [-0.39, 0.29) is 10.9 Å². The normalized spacial score (nSPS) is 13.1. The van der Waals surface area contributed by atoms with E-state index in [1.54, 1.807) is 12.1 Å². The average molecular weight is 382 g/mol. The largest absolute Gasteiger partial charge is 0.330 e. The first kappa shape index (κ1) is 19.9. The van der Waals surface area contributed by atoms with Gasteiger partial charge in [0.05, 0.1) is 32.3 Å². The minimum atomic E-state index is -0.216. The standard InChI is InChI=1S/C20H26N6O2/c21-7-1-3-9-23-15-5-6-16(24-10-4-2-8-22)18-17(15)19(27)13-11-25-26-12-14(13)20(18)28/h5-6,11-12,25-26H,1-4,7-10,21-22H2. The lowest BCUT2D eigenvalue weighted by Gasteiger charge is -2.03. The van der Waals surface area contributed by atoms with E-state index in [0.717, 1.165) is 25.7 Å². The highest BCUT2D eigenvalue weighted by Gasteiger charge is 2.13. The number of H-pyrrole nitrogens is 2. The van der Waals surface area contributed by atoms with Gasteiger partial charge in [-0.2, -0.15) is 0 Å². The second kappa shape index (κ2) is 9.38. The molecule has 0 atom stereocenters. The molecule has 28 heavy (non-hydrogen) atoms. The molecule has 1 aromatic heterocycles. The monoisotopic (exact) mass is 382 g/mol. The lowest BCUT2D eigenvalue weighted by atomic mass is 10.0. The predicted octanol–water partition coefficient (Wildman–Crippen LogP) is 0.0866. The molecular formula is C20H26N6O2. The van der Waals surface area contributed by atoms with Crippen molar-refractivity contribution in [2.45, 2.75) is 25.7 Å². The highest BCUT2D eigenvalue weighted by Crippen LogP contribution is 2.06. The molecule has 0 saturated heterocycles. The number of aromatic nitrogens is 2. The molecule has 0 saturated carbocycles. The Hall–Kier alpha value is -2.84. The van der Waals surface area contributed by atoms with E-state index in [1.165, 1.54) is 12.4 Å². The van der Waals surface area contributed by atoms with E-state index in [9.17, 15) is 9.59 Å². The molecular weight excluding hydrogens is 356 g/mol. The summed E-state index contributed by atoms with van der Waals surface area (Å²) in [7, 11) is 0. The van der Waals surface area contributed by atoms with E-state index in [4.69, 9.17) is 11.5 Å². The molecule has 0 aliphatic rings. The van der Waals surface area contributed by atoms with Gasteiger partial charge in [-0.05, 0) is 50.9 Å². The Morgan fingerprint density at radius 1 is 0.714 bits per heavy atom. The molecule has 3 rings (SSSR count). The Bertz CT molecular complexity index is 1100. The van der Waals surface area contributed by atoms with Crippen molar-refractivity contribution in [1.82, 2.24) is 10.2 Å². The summed E-state index contributed by atoms with van der Waals surface area (Å²) in [4.78, 5) is 35.5. The Morgan fingerprint density at radius 2 is 1.14 bits per heavy atom. The Morgan fingerprint density at radius 3 is 1.54 bits per heavy atom. The van der Waals surface area contributed by atoms with Crippen LogP contribution in [0, 0.1) is 0 Å². The number of nitrogens with two attached hydrogens (primary N) is 2. The molecule has 8 heteroatoms. The second-order valence-corrected chi connectivity index (χ2v) is 6.67. The van der Waals surface area contributed by atoms with Gasteiger partial charge < -0.3 is 21.7 Å². The first-order valence-electron chi connectivity index (χ1n) is 9.62. The van der Waals surface area contributed by atoms with Gasteiger partial charge in [0.1, 0.15) is 0 Å². The number of fused-ring (bicyclic) bond motifs is 2. The molecule has 0 aliphatic carbocycles. The van der Waals surface area contributed by atoms with Gasteiger partial charge in [0.15, 0.2) is 10.9 Å². The van der Waals surface area contributed by atoms with Crippen molar-refractivity contribution in [2.75, 3.05) is 26.2 Å². The molecule has 0 fully saturated rings. The van der Waals surface area contributed by atoms with Gasteiger partial charge in [-0.15, -0.1) is 0 Å². The van der Waals surface area contributed by atoms with Gasteiger partial charge in [-0.3, -0.25) is 19.6 Å². The van der Waals surface area contributed by atoms with E-state index in [0.29, 0.717) is 58.4 Å². The zero-order valence-electron chi connectivity index (χ0n) is 15.8. The molecule has 0 amide bonds.